The average Bonchev–Trinajstić information content (AvgIpc) is 2.45. The van der Waals surface area contributed by atoms with Gasteiger partial charge >= 0.3 is 6.09 Å². The molecular formula is C14H20N2O4. The van der Waals surface area contributed by atoms with Crippen LogP contribution in [0.4, 0.5) is 4.79 Å². The topological polar surface area (TPSA) is 69.2 Å². The van der Waals surface area contributed by atoms with E-state index in [-0.39, 0.29) is 0 Å². The molecule has 0 fully saturated rings. The standard InChI is InChI=1S/C14H20N2O4/c1-10(2)9-20-12-6-5-11(7-13(12)18-3)8-15-16-14(17)19-4/h5-8,10H,9H2,1-4H3,(H,16,17)/b15-8-. The van der Waals surface area contributed by atoms with Gasteiger partial charge in [-0.05, 0) is 29.7 Å². The maximum absolute atomic E-state index is 10.8. The normalized spacial score (nSPS) is 10.7. The number of methoxy groups -OCH3 is 2. The SMILES string of the molecule is COC(=O)N/N=C\c1ccc(OCC(C)C)c(OC)c1. The van der Waals surface area contributed by atoms with Crippen LogP contribution in [0, 0.1) is 5.92 Å². The van der Waals surface area contributed by atoms with Crippen LogP contribution in [0.1, 0.15) is 19.4 Å². The molecule has 110 valence electrons. The molecule has 0 aliphatic rings. The zero-order valence-corrected chi connectivity index (χ0v) is 12.2. The highest BCUT2D eigenvalue weighted by molar-refractivity contribution is 5.82. The lowest BCUT2D eigenvalue weighted by Crippen LogP contribution is -2.16. The first-order chi connectivity index (χ1) is 9.56. The first-order valence-electron chi connectivity index (χ1n) is 6.24. The lowest BCUT2D eigenvalue weighted by atomic mass is 10.2. The number of ether oxygens (including phenoxy) is 3. The third-order valence-corrected chi connectivity index (χ3v) is 2.31. The molecule has 1 rings (SSSR count). The van der Waals surface area contributed by atoms with E-state index >= 15 is 0 Å². The van der Waals surface area contributed by atoms with E-state index in [9.17, 15) is 4.79 Å². The summed E-state index contributed by atoms with van der Waals surface area (Å²) in [4.78, 5) is 10.8. The van der Waals surface area contributed by atoms with Crippen LogP contribution >= 0.6 is 0 Å². The van der Waals surface area contributed by atoms with Crippen molar-refractivity contribution < 1.29 is 19.0 Å². The number of carbonyl (C=O) groups is 1. The van der Waals surface area contributed by atoms with E-state index in [2.05, 4.69) is 29.1 Å². The second kappa shape index (κ2) is 8.04. The summed E-state index contributed by atoms with van der Waals surface area (Å²) < 4.78 is 15.3. The van der Waals surface area contributed by atoms with Crippen LogP contribution in [0.25, 0.3) is 0 Å². The molecule has 0 aliphatic heterocycles. The van der Waals surface area contributed by atoms with Crippen molar-refractivity contribution in [1.29, 1.82) is 0 Å². The van der Waals surface area contributed by atoms with E-state index in [1.807, 2.05) is 6.07 Å². The van der Waals surface area contributed by atoms with Gasteiger partial charge < -0.3 is 14.2 Å². The number of benzene rings is 1. The second-order valence-electron chi connectivity index (χ2n) is 4.48. The number of hydrogen-bond acceptors (Lipinski definition) is 5. The predicted molar refractivity (Wildman–Crippen MR) is 76.5 cm³/mol. The van der Waals surface area contributed by atoms with E-state index in [0.717, 1.165) is 5.56 Å². The van der Waals surface area contributed by atoms with Crippen molar-refractivity contribution in [2.45, 2.75) is 13.8 Å². The summed E-state index contributed by atoms with van der Waals surface area (Å²) in [5, 5.41) is 3.75. The Morgan fingerprint density at radius 3 is 2.70 bits per heavy atom. The first kappa shape index (κ1) is 15.8. The molecule has 20 heavy (non-hydrogen) atoms. The van der Waals surface area contributed by atoms with Crippen molar-refractivity contribution >= 4 is 12.3 Å². The van der Waals surface area contributed by atoms with E-state index in [1.54, 1.807) is 19.2 Å². The minimum absolute atomic E-state index is 0.435. The van der Waals surface area contributed by atoms with Gasteiger partial charge in [-0.25, -0.2) is 10.2 Å². The minimum Gasteiger partial charge on any atom is -0.493 e. The van der Waals surface area contributed by atoms with Crippen LogP contribution in [0.3, 0.4) is 0 Å². The van der Waals surface area contributed by atoms with E-state index < -0.39 is 6.09 Å². The molecule has 1 amide bonds. The van der Waals surface area contributed by atoms with E-state index in [4.69, 9.17) is 9.47 Å². The van der Waals surface area contributed by atoms with Crippen LogP contribution in [-0.2, 0) is 4.74 Å². The molecule has 0 aromatic heterocycles. The number of nitrogens with one attached hydrogen (secondary N) is 1. The van der Waals surface area contributed by atoms with Gasteiger partial charge in [0.25, 0.3) is 0 Å². The third kappa shape index (κ3) is 5.17. The fraction of sp³-hybridized carbons (Fsp3) is 0.429. The van der Waals surface area contributed by atoms with E-state index in [0.29, 0.717) is 24.0 Å². The van der Waals surface area contributed by atoms with E-state index in [1.165, 1.54) is 13.3 Å². The number of carbonyl (C=O) groups excluding carboxylic acids is 1. The molecule has 0 saturated carbocycles. The summed E-state index contributed by atoms with van der Waals surface area (Å²) in [7, 11) is 2.85. The van der Waals surface area contributed by atoms with Gasteiger partial charge in [-0.3, -0.25) is 0 Å². The number of amides is 1. The van der Waals surface area contributed by atoms with Crippen LogP contribution in [-0.4, -0.2) is 33.1 Å². The Kier molecular flexibility index (Phi) is 6.36. The first-order valence-corrected chi connectivity index (χ1v) is 6.24. The number of rotatable bonds is 6. The fourth-order valence-electron chi connectivity index (χ4n) is 1.35. The maximum Gasteiger partial charge on any atom is 0.427 e. The van der Waals surface area contributed by atoms with Gasteiger partial charge in [-0.2, -0.15) is 5.10 Å². The largest absolute Gasteiger partial charge is 0.493 e. The van der Waals surface area contributed by atoms with Gasteiger partial charge in [0.05, 0.1) is 27.0 Å². The Bertz CT molecular complexity index is 472. The molecule has 0 unspecified atom stereocenters. The molecule has 1 aromatic rings. The lowest BCUT2D eigenvalue weighted by molar-refractivity contribution is 0.171. The highest BCUT2D eigenvalue weighted by Crippen LogP contribution is 2.27. The molecule has 1 aromatic carbocycles. The number of nitrogens with zero attached hydrogens (tertiary/aromatic N) is 1. The van der Waals surface area contributed by atoms with Crippen molar-refractivity contribution in [2.24, 2.45) is 11.0 Å². The molecule has 0 spiro atoms. The maximum atomic E-state index is 10.8. The molecule has 0 radical (unpaired) electrons. The summed E-state index contributed by atoms with van der Waals surface area (Å²) in [5.41, 5.74) is 2.98. The van der Waals surface area contributed by atoms with Gasteiger partial charge in [0.1, 0.15) is 0 Å². The summed E-state index contributed by atoms with van der Waals surface area (Å²) in [5.74, 6) is 1.73. The van der Waals surface area contributed by atoms with Gasteiger partial charge in [0.15, 0.2) is 11.5 Å². The second-order valence-corrected chi connectivity index (χ2v) is 4.48. The summed E-state index contributed by atoms with van der Waals surface area (Å²) in [6.07, 6.45) is 0.871. The summed E-state index contributed by atoms with van der Waals surface area (Å²) in [6, 6.07) is 5.40. The Morgan fingerprint density at radius 2 is 2.10 bits per heavy atom. The van der Waals surface area contributed by atoms with Crippen LogP contribution < -0.4 is 14.9 Å². The van der Waals surface area contributed by atoms with Gasteiger partial charge in [-0.1, -0.05) is 13.8 Å². The minimum atomic E-state index is -0.620. The van der Waals surface area contributed by atoms with Crippen molar-refractivity contribution in [3.63, 3.8) is 0 Å². The quantitative estimate of drug-likeness (QED) is 0.642. The molecule has 1 N–H and O–H groups in total. The van der Waals surface area contributed by atoms with Crippen LogP contribution in [0.15, 0.2) is 23.3 Å². The number of hydrazone groups is 1. The van der Waals surface area contributed by atoms with Crippen molar-refractivity contribution in [1.82, 2.24) is 5.43 Å². The third-order valence-electron chi connectivity index (χ3n) is 2.31. The molecule has 0 bridgehead atoms. The molecule has 0 aliphatic carbocycles. The molecule has 0 atom stereocenters. The van der Waals surface area contributed by atoms with Crippen LogP contribution in [0.2, 0.25) is 0 Å². The highest BCUT2D eigenvalue weighted by Gasteiger charge is 2.06. The van der Waals surface area contributed by atoms with Gasteiger partial charge in [-0.15, -0.1) is 0 Å². The number of hydrogen-bond donors (Lipinski definition) is 1. The van der Waals surface area contributed by atoms with Crippen molar-refractivity contribution in [2.75, 3.05) is 20.8 Å². The zero-order chi connectivity index (χ0) is 15.0. The molecule has 6 heteroatoms. The zero-order valence-electron chi connectivity index (χ0n) is 12.2. The summed E-state index contributed by atoms with van der Waals surface area (Å²) >= 11 is 0. The fourth-order valence-corrected chi connectivity index (χ4v) is 1.35. The molecule has 0 heterocycles. The monoisotopic (exact) mass is 280 g/mol. The lowest BCUT2D eigenvalue weighted by Gasteiger charge is -2.12. The Morgan fingerprint density at radius 1 is 1.35 bits per heavy atom. The van der Waals surface area contributed by atoms with Crippen molar-refractivity contribution in [3.05, 3.63) is 23.8 Å². The van der Waals surface area contributed by atoms with Crippen LogP contribution in [0.5, 0.6) is 11.5 Å². The highest BCUT2D eigenvalue weighted by atomic mass is 16.5. The Hall–Kier alpha value is -2.24. The molecule has 0 saturated heterocycles. The van der Waals surface area contributed by atoms with Gasteiger partial charge in [0.2, 0.25) is 0 Å². The molecular weight excluding hydrogens is 260 g/mol. The Labute approximate surface area is 118 Å². The predicted octanol–water partition coefficient (Wildman–Crippen LogP) is 2.42. The summed E-state index contributed by atoms with van der Waals surface area (Å²) in [6.45, 7) is 4.77. The average molecular weight is 280 g/mol. The van der Waals surface area contributed by atoms with Crippen molar-refractivity contribution in [3.8, 4) is 11.5 Å². The molecule has 6 nitrogen and oxygen atoms in total. The smallest absolute Gasteiger partial charge is 0.427 e. The Balaban J connectivity index is 2.73. The van der Waals surface area contributed by atoms with Gasteiger partial charge in [0, 0.05) is 0 Å².